The fourth-order valence-electron chi connectivity index (χ4n) is 4.79. The molecule has 202 valence electrons. The number of carbonyl (C=O) groups excluding carboxylic acids is 1. The molecule has 0 bridgehead atoms. The third kappa shape index (κ3) is 6.62. The standard InChI is InChI=1S/C28H31N5O2S.2ClH/c1-18-10-11-23-24(29-18)8-5-9-25(23)33-14-12-32(13-15-33)17-26(34)21-6-4-7-22(16-21)31-28(35)27-19(2)30-20(3)36-27;;/h4-11,16,26,34H,12-15,17H2,1-3H3,(H,31,35);2*1H. The lowest BCUT2D eigenvalue weighted by molar-refractivity contribution is 0.102. The molecule has 0 saturated carbocycles. The minimum Gasteiger partial charge on any atom is -0.387 e. The van der Waals surface area contributed by atoms with Gasteiger partial charge in [0.2, 0.25) is 0 Å². The van der Waals surface area contributed by atoms with E-state index in [0.717, 1.165) is 53.7 Å². The summed E-state index contributed by atoms with van der Waals surface area (Å²) < 4.78 is 0. The van der Waals surface area contributed by atoms with Crippen LogP contribution in [0.1, 0.15) is 37.7 Å². The summed E-state index contributed by atoms with van der Waals surface area (Å²) in [5.74, 6) is -0.167. The number of hydrogen-bond donors (Lipinski definition) is 2. The molecule has 2 aromatic heterocycles. The third-order valence-electron chi connectivity index (χ3n) is 6.63. The highest BCUT2D eigenvalue weighted by Crippen LogP contribution is 2.28. The molecule has 5 rings (SSSR count). The highest BCUT2D eigenvalue weighted by Gasteiger charge is 2.22. The summed E-state index contributed by atoms with van der Waals surface area (Å²) in [6.45, 7) is 9.83. The van der Waals surface area contributed by atoms with Gasteiger partial charge in [0, 0.05) is 55.2 Å². The minimum absolute atomic E-state index is 0. The van der Waals surface area contributed by atoms with E-state index in [1.807, 2.05) is 45.0 Å². The Morgan fingerprint density at radius 2 is 1.74 bits per heavy atom. The van der Waals surface area contributed by atoms with Crippen LogP contribution in [0.3, 0.4) is 0 Å². The van der Waals surface area contributed by atoms with Gasteiger partial charge in [-0.1, -0.05) is 18.2 Å². The molecule has 0 radical (unpaired) electrons. The van der Waals surface area contributed by atoms with Gasteiger partial charge in [-0.25, -0.2) is 4.98 Å². The van der Waals surface area contributed by atoms with Gasteiger partial charge in [0.15, 0.2) is 0 Å². The molecule has 1 aliphatic rings. The van der Waals surface area contributed by atoms with Crippen LogP contribution in [0.5, 0.6) is 0 Å². The zero-order chi connectivity index (χ0) is 25.2. The average Bonchev–Trinajstić information content (AvgIpc) is 3.22. The zero-order valence-corrected chi connectivity index (χ0v) is 24.1. The normalized spacial score (nSPS) is 14.5. The summed E-state index contributed by atoms with van der Waals surface area (Å²) in [6, 6.07) is 18.0. The smallest absolute Gasteiger partial charge is 0.267 e. The van der Waals surface area contributed by atoms with Crippen LogP contribution in [-0.4, -0.2) is 58.6 Å². The second-order valence-corrected chi connectivity index (χ2v) is 10.5. The number of β-amino-alcohol motifs (C(OH)–C–C–N with tert-alkyl or cyclic N) is 1. The molecule has 1 saturated heterocycles. The number of aryl methyl sites for hydroxylation is 3. The highest BCUT2D eigenvalue weighted by atomic mass is 35.5. The molecule has 38 heavy (non-hydrogen) atoms. The highest BCUT2D eigenvalue weighted by molar-refractivity contribution is 7.13. The quantitative estimate of drug-likeness (QED) is 0.314. The first kappa shape index (κ1) is 29.8. The van der Waals surface area contributed by atoms with E-state index < -0.39 is 6.10 Å². The van der Waals surface area contributed by atoms with E-state index in [2.05, 4.69) is 55.4 Å². The van der Waals surface area contributed by atoms with E-state index in [9.17, 15) is 9.90 Å². The molecule has 0 aliphatic carbocycles. The molecule has 3 heterocycles. The number of nitrogens with one attached hydrogen (secondary N) is 1. The number of benzene rings is 2. The molecule has 1 aliphatic heterocycles. The Bertz CT molecular complexity index is 1410. The predicted molar refractivity (Wildman–Crippen MR) is 161 cm³/mol. The fourth-order valence-corrected chi connectivity index (χ4v) is 5.61. The molecule has 0 spiro atoms. The van der Waals surface area contributed by atoms with Crippen LogP contribution in [0.15, 0.2) is 54.6 Å². The lowest BCUT2D eigenvalue weighted by Crippen LogP contribution is -2.47. The molecular weight excluding hydrogens is 541 g/mol. The molecule has 1 amide bonds. The van der Waals surface area contributed by atoms with E-state index in [1.54, 1.807) is 0 Å². The van der Waals surface area contributed by atoms with Crippen molar-refractivity contribution in [3.05, 3.63) is 81.4 Å². The molecule has 7 nitrogen and oxygen atoms in total. The van der Waals surface area contributed by atoms with Crippen LogP contribution in [0.2, 0.25) is 0 Å². The van der Waals surface area contributed by atoms with Gasteiger partial charge in [0.05, 0.1) is 22.3 Å². The Labute approximate surface area is 239 Å². The number of fused-ring (bicyclic) bond motifs is 1. The summed E-state index contributed by atoms with van der Waals surface area (Å²) >= 11 is 1.39. The first-order valence-electron chi connectivity index (χ1n) is 12.2. The zero-order valence-electron chi connectivity index (χ0n) is 21.7. The van der Waals surface area contributed by atoms with Crippen molar-refractivity contribution < 1.29 is 9.90 Å². The maximum atomic E-state index is 12.7. The molecule has 2 aromatic carbocycles. The molecule has 1 unspecified atom stereocenters. The maximum Gasteiger partial charge on any atom is 0.267 e. The summed E-state index contributed by atoms with van der Waals surface area (Å²) in [5, 5.41) is 16.0. The first-order valence-corrected chi connectivity index (χ1v) is 13.1. The lowest BCUT2D eigenvalue weighted by atomic mass is 10.1. The van der Waals surface area contributed by atoms with Gasteiger partial charge < -0.3 is 15.3 Å². The number of carbonyl (C=O) groups is 1. The Kier molecular flexibility index (Phi) is 10.1. The van der Waals surface area contributed by atoms with Gasteiger partial charge in [-0.15, -0.1) is 36.2 Å². The maximum absolute atomic E-state index is 12.7. The average molecular weight is 575 g/mol. The number of aromatic nitrogens is 2. The van der Waals surface area contributed by atoms with Crippen LogP contribution in [0.4, 0.5) is 11.4 Å². The van der Waals surface area contributed by atoms with E-state index >= 15 is 0 Å². The van der Waals surface area contributed by atoms with Crippen LogP contribution in [0.25, 0.3) is 10.9 Å². The van der Waals surface area contributed by atoms with Crippen molar-refractivity contribution >= 4 is 64.3 Å². The number of thiazole rings is 1. The van der Waals surface area contributed by atoms with E-state index in [-0.39, 0.29) is 30.7 Å². The second-order valence-electron chi connectivity index (χ2n) is 9.33. The summed E-state index contributed by atoms with van der Waals surface area (Å²) in [5.41, 5.74) is 5.47. The number of halogens is 2. The van der Waals surface area contributed by atoms with E-state index in [0.29, 0.717) is 17.1 Å². The van der Waals surface area contributed by atoms with Crippen LogP contribution < -0.4 is 10.2 Å². The third-order valence-corrected chi connectivity index (χ3v) is 7.70. The molecule has 2 N–H and O–H groups in total. The number of amides is 1. The van der Waals surface area contributed by atoms with Crippen molar-refractivity contribution in [3.8, 4) is 0 Å². The number of aliphatic hydroxyl groups is 1. The van der Waals surface area contributed by atoms with Gasteiger partial charge in [-0.2, -0.15) is 0 Å². The SMILES string of the molecule is Cc1ccc2c(N3CCN(CC(O)c4cccc(NC(=O)c5sc(C)nc5C)c4)CC3)cccc2n1.Cl.Cl. The van der Waals surface area contributed by atoms with E-state index in [4.69, 9.17) is 0 Å². The van der Waals surface area contributed by atoms with Crippen molar-refractivity contribution in [3.63, 3.8) is 0 Å². The largest absolute Gasteiger partial charge is 0.387 e. The minimum atomic E-state index is -0.634. The molecule has 10 heteroatoms. The summed E-state index contributed by atoms with van der Waals surface area (Å²) in [6.07, 6.45) is -0.634. The molecular formula is C28H33Cl2N5O2S. The molecule has 1 atom stereocenters. The Hall–Kier alpha value is -2.75. The van der Waals surface area contributed by atoms with Crippen molar-refractivity contribution in [2.45, 2.75) is 26.9 Å². The second kappa shape index (κ2) is 12.9. The molecule has 4 aromatic rings. The number of hydrogen-bond acceptors (Lipinski definition) is 7. The Balaban J connectivity index is 0.00000200. The van der Waals surface area contributed by atoms with Gasteiger partial charge >= 0.3 is 0 Å². The number of anilines is 2. The van der Waals surface area contributed by atoms with Crippen molar-refractivity contribution in [2.75, 3.05) is 42.9 Å². The number of rotatable bonds is 6. The van der Waals surface area contributed by atoms with Gasteiger partial charge in [-0.05, 0) is 62.7 Å². The van der Waals surface area contributed by atoms with Crippen LogP contribution in [-0.2, 0) is 0 Å². The number of piperazine rings is 1. The summed E-state index contributed by atoms with van der Waals surface area (Å²) in [7, 11) is 0. The van der Waals surface area contributed by atoms with Gasteiger partial charge in [0.25, 0.3) is 5.91 Å². The topological polar surface area (TPSA) is 81.6 Å². The number of nitrogens with zero attached hydrogens (tertiary/aromatic N) is 4. The number of pyridine rings is 1. The van der Waals surface area contributed by atoms with Gasteiger partial charge in [0.1, 0.15) is 4.88 Å². The van der Waals surface area contributed by atoms with Crippen molar-refractivity contribution in [2.24, 2.45) is 0 Å². The fraction of sp³-hybridized carbons (Fsp3) is 0.321. The summed E-state index contributed by atoms with van der Waals surface area (Å²) in [4.78, 5) is 27.0. The monoisotopic (exact) mass is 573 g/mol. The van der Waals surface area contributed by atoms with Gasteiger partial charge in [-0.3, -0.25) is 14.7 Å². The van der Waals surface area contributed by atoms with Crippen molar-refractivity contribution in [1.82, 2.24) is 14.9 Å². The van der Waals surface area contributed by atoms with Crippen LogP contribution >= 0.6 is 36.2 Å². The van der Waals surface area contributed by atoms with E-state index in [1.165, 1.54) is 22.4 Å². The lowest BCUT2D eigenvalue weighted by Gasteiger charge is -2.37. The Morgan fingerprint density at radius 3 is 2.45 bits per heavy atom. The predicted octanol–water partition coefficient (Wildman–Crippen LogP) is 5.57. The number of aliphatic hydroxyl groups excluding tert-OH is 1. The Morgan fingerprint density at radius 1 is 1.00 bits per heavy atom. The van der Waals surface area contributed by atoms with Crippen molar-refractivity contribution in [1.29, 1.82) is 0 Å². The first-order chi connectivity index (χ1) is 17.4. The molecule has 1 fully saturated rings. The van der Waals surface area contributed by atoms with Crippen LogP contribution in [0, 0.1) is 20.8 Å².